The second-order valence-electron chi connectivity index (χ2n) is 5.78. The number of imide groups is 1. The Hall–Kier alpha value is -2.69. The van der Waals surface area contributed by atoms with Crippen molar-refractivity contribution in [2.45, 2.75) is 13.8 Å². The van der Waals surface area contributed by atoms with Crippen LogP contribution < -0.4 is 9.64 Å². The van der Waals surface area contributed by atoms with Crippen LogP contribution >= 0.6 is 0 Å². The van der Waals surface area contributed by atoms with E-state index in [1.165, 1.54) is 18.2 Å². The number of para-hydroxylation sites is 1. The predicted octanol–water partition coefficient (Wildman–Crippen LogP) is 3.66. The molecular weight excluding hydrogens is 297 g/mol. The predicted molar refractivity (Wildman–Crippen MR) is 84.3 cm³/mol. The maximum Gasteiger partial charge on any atom is 0.266 e. The van der Waals surface area contributed by atoms with Gasteiger partial charge in [-0.2, -0.15) is 0 Å². The Kier molecular flexibility index (Phi) is 3.86. The molecule has 23 heavy (non-hydrogen) atoms. The van der Waals surface area contributed by atoms with Crippen LogP contribution in [-0.2, 0) is 0 Å². The van der Waals surface area contributed by atoms with Crippen LogP contribution in [0.5, 0.6) is 5.75 Å². The van der Waals surface area contributed by atoms with E-state index < -0.39 is 17.6 Å². The summed E-state index contributed by atoms with van der Waals surface area (Å²) in [4.78, 5) is 26.0. The number of halogens is 1. The zero-order chi connectivity index (χ0) is 16.6. The highest BCUT2D eigenvalue weighted by molar-refractivity contribution is 6.34. The van der Waals surface area contributed by atoms with Crippen molar-refractivity contribution >= 4 is 17.5 Å². The number of amides is 2. The highest BCUT2D eigenvalue weighted by atomic mass is 19.1. The van der Waals surface area contributed by atoms with E-state index >= 15 is 0 Å². The number of rotatable bonds is 4. The molecule has 0 aromatic heterocycles. The highest BCUT2D eigenvalue weighted by Gasteiger charge is 2.38. The quantitative estimate of drug-likeness (QED) is 0.809. The fraction of sp³-hybridized carbons (Fsp3) is 0.222. The number of hydrogen-bond donors (Lipinski definition) is 0. The molecule has 2 amide bonds. The van der Waals surface area contributed by atoms with Gasteiger partial charge in [0.15, 0.2) is 11.6 Å². The summed E-state index contributed by atoms with van der Waals surface area (Å²) >= 11 is 0. The van der Waals surface area contributed by atoms with Gasteiger partial charge in [-0.25, -0.2) is 9.29 Å². The van der Waals surface area contributed by atoms with Gasteiger partial charge < -0.3 is 4.74 Å². The molecule has 3 rings (SSSR count). The fourth-order valence-corrected chi connectivity index (χ4v) is 2.47. The third-order valence-corrected chi connectivity index (χ3v) is 3.54. The Morgan fingerprint density at radius 1 is 1.00 bits per heavy atom. The Morgan fingerprint density at radius 2 is 1.61 bits per heavy atom. The summed E-state index contributed by atoms with van der Waals surface area (Å²) in [5.41, 5.74) is 0.769. The average Bonchev–Trinajstić information content (AvgIpc) is 2.78. The van der Waals surface area contributed by atoms with Crippen molar-refractivity contribution in [3.05, 3.63) is 59.4 Å². The molecule has 4 nitrogen and oxygen atoms in total. The SMILES string of the molecule is CC(C)COc1c(F)cccc1N1C(=O)c2ccccc2C1=O. The normalized spacial score (nSPS) is 13.7. The third-order valence-electron chi connectivity index (χ3n) is 3.54. The van der Waals surface area contributed by atoms with Crippen LogP contribution in [0.4, 0.5) is 10.1 Å². The number of carbonyl (C=O) groups excluding carboxylic acids is 2. The molecule has 5 heteroatoms. The number of fused-ring (bicyclic) bond motifs is 1. The maximum absolute atomic E-state index is 14.2. The lowest BCUT2D eigenvalue weighted by Crippen LogP contribution is -2.30. The molecule has 0 spiro atoms. The van der Waals surface area contributed by atoms with Gasteiger partial charge in [0.2, 0.25) is 0 Å². The van der Waals surface area contributed by atoms with Gasteiger partial charge >= 0.3 is 0 Å². The Balaban J connectivity index is 2.05. The van der Waals surface area contributed by atoms with Crippen molar-refractivity contribution in [3.63, 3.8) is 0 Å². The standard InChI is InChI=1S/C18H16FNO3/c1-11(2)10-23-16-14(19)8-5-9-15(16)20-17(21)12-6-3-4-7-13(12)18(20)22/h3-9,11H,10H2,1-2H3. The van der Waals surface area contributed by atoms with Crippen LogP contribution in [0.3, 0.4) is 0 Å². The molecule has 1 heterocycles. The minimum atomic E-state index is -0.597. The van der Waals surface area contributed by atoms with E-state index in [9.17, 15) is 14.0 Å². The van der Waals surface area contributed by atoms with Gasteiger partial charge in [-0.05, 0) is 30.2 Å². The zero-order valence-electron chi connectivity index (χ0n) is 12.9. The third kappa shape index (κ3) is 2.59. The fourth-order valence-electron chi connectivity index (χ4n) is 2.47. The number of ether oxygens (including phenoxy) is 1. The van der Waals surface area contributed by atoms with Crippen molar-refractivity contribution in [1.82, 2.24) is 0 Å². The molecule has 0 saturated heterocycles. The summed E-state index contributed by atoms with van der Waals surface area (Å²) in [5.74, 6) is -1.42. The summed E-state index contributed by atoms with van der Waals surface area (Å²) in [6.45, 7) is 4.15. The van der Waals surface area contributed by atoms with E-state index in [4.69, 9.17) is 4.74 Å². The van der Waals surface area contributed by atoms with Gasteiger partial charge in [-0.1, -0.05) is 32.0 Å². The van der Waals surface area contributed by atoms with E-state index in [1.807, 2.05) is 13.8 Å². The van der Waals surface area contributed by atoms with Crippen LogP contribution in [0.1, 0.15) is 34.6 Å². The maximum atomic E-state index is 14.2. The Bertz CT molecular complexity index is 751. The van der Waals surface area contributed by atoms with Crippen LogP contribution in [0.15, 0.2) is 42.5 Å². The molecule has 0 bridgehead atoms. The van der Waals surface area contributed by atoms with E-state index in [0.29, 0.717) is 11.1 Å². The highest BCUT2D eigenvalue weighted by Crippen LogP contribution is 2.36. The lowest BCUT2D eigenvalue weighted by atomic mass is 10.1. The summed E-state index contributed by atoms with van der Waals surface area (Å²) < 4.78 is 19.7. The van der Waals surface area contributed by atoms with Gasteiger partial charge in [0.05, 0.1) is 23.4 Å². The molecule has 118 valence electrons. The molecule has 2 aromatic carbocycles. The second kappa shape index (κ2) is 5.83. The molecule has 2 aromatic rings. The number of anilines is 1. The Labute approximate surface area is 133 Å². The molecule has 1 aliphatic rings. The number of nitrogens with zero attached hydrogens (tertiary/aromatic N) is 1. The first-order valence-corrected chi connectivity index (χ1v) is 7.40. The average molecular weight is 313 g/mol. The number of hydrogen-bond acceptors (Lipinski definition) is 3. The number of carbonyl (C=O) groups is 2. The van der Waals surface area contributed by atoms with Gasteiger partial charge in [0, 0.05) is 0 Å². The summed E-state index contributed by atoms with van der Waals surface area (Å²) in [6.07, 6.45) is 0. The molecule has 1 aliphatic heterocycles. The van der Waals surface area contributed by atoms with Crippen molar-refractivity contribution in [2.24, 2.45) is 5.92 Å². The van der Waals surface area contributed by atoms with E-state index in [1.54, 1.807) is 24.3 Å². The first-order chi connectivity index (χ1) is 11.0. The lowest BCUT2D eigenvalue weighted by molar-refractivity contribution is 0.0924. The molecule has 0 N–H and O–H groups in total. The summed E-state index contributed by atoms with van der Waals surface area (Å²) in [6, 6.07) is 10.8. The first-order valence-electron chi connectivity index (χ1n) is 7.40. The second-order valence-corrected chi connectivity index (χ2v) is 5.78. The summed E-state index contributed by atoms with van der Waals surface area (Å²) in [7, 11) is 0. The topological polar surface area (TPSA) is 46.6 Å². The number of benzene rings is 2. The van der Waals surface area contributed by atoms with E-state index in [2.05, 4.69) is 0 Å². The van der Waals surface area contributed by atoms with Gasteiger partial charge in [-0.15, -0.1) is 0 Å². The van der Waals surface area contributed by atoms with E-state index in [0.717, 1.165) is 4.90 Å². The molecule has 0 saturated carbocycles. The van der Waals surface area contributed by atoms with Crippen LogP contribution in [0, 0.1) is 11.7 Å². The van der Waals surface area contributed by atoms with Crippen molar-refractivity contribution in [3.8, 4) is 5.75 Å². The zero-order valence-corrected chi connectivity index (χ0v) is 12.9. The first kappa shape index (κ1) is 15.2. The van der Waals surface area contributed by atoms with Crippen molar-refractivity contribution < 1.29 is 18.7 Å². The minimum absolute atomic E-state index is 0.0734. The van der Waals surface area contributed by atoms with Gasteiger partial charge in [0.25, 0.3) is 11.8 Å². The van der Waals surface area contributed by atoms with Gasteiger partial charge in [-0.3, -0.25) is 9.59 Å². The molecule has 0 radical (unpaired) electrons. The van der Waals surface area contributed by atoms with Crippen LogP contribution in [0.2, 0.25) is 0 Å². The largest absolute Gasteiger partial charge is 0.488 e. The van der Waals surface area contributed by atoms with Crippen LogP contribution in [-0.4, -0.2) is 18.4 Å². The molecule has 0 unspecified atom stereocenters. The molecule has 0 atom stereocenters. The van der Waals surface area contributed by atoms with Crippen LogP contribution in [0.25, 0.3) is 0 Å². The monoisotopic (exact) mass is 313 g/mol. The van der Waals surface area contributed by atoms with Crippen molar-refractivity contribution in [2.75, 3.05) is 11.5 Å². The molecular formula is C18H16FNO3. The smallest absolute Gasteiger partial charge is 0.266 e. The Morgan fingerprint density at radius 3 is 2.17 bits per heavy atom. The van der Waals surface area contributed by atoms with Crippen molar-refractivity contribution in [1.29, 1.82) is 0 Å². The van der Waals surface area contributed by atoms with Gasteiger partial charge in [0.1, 0.15) is 0 Å². The van der Waals surface area contributed by atoms with E-state index in [-0.39, 0.29) is 24.0 Å². The lowest BCUT2D eigenvalue weighted by Gasteiger charge is -2.19. The molecule has 0 aliphatic carbocycles. The molecule has 0 fully saturated rings. The minimum Gasteiger partial charge on any atom is -0.488 e. The summed E-state index contributed by atoms with van der Waals surface area (Å²) in [5, 5.41) is 0.